The number of halogens is 1. The van der Waals surface area contributed by atoms with Crippen molar-refractivity contribution in [3.05, 3.63) is 131 Å². The first-order valence-electron chi connectivity index (χ1n) is 12.2. The predicted octanol–water partition coefficient (Wildman–Crippen LogP) is 10.5. The van der Waals surface area contributed by atoms with Crippen LogP contribution in [-0.2, 0) is 0 Å². The number of furan rings is 2. The van der Waals surface area contributed by atoms with Crippen molar-refractivity contribution in [3.63, 3.8) is 0 Å². The summed E-state index contributed by atoms with van der Waals surface area (Å²) in [5.74, 6) is 0.0508. The Morgan fingerprint density at radius 1 is 0.568 bits per heavy atom. The predicted molar refractivity (Wildman–Crippen MR) is 155 cm³/mol. The average Bonchev–Trinajstić information content (AvgIpc) is 3.59. The van der Waals surface area contributed by atoms with Crippen molar-refractivity contribution in [1.29, 1.82) is 0 Å². The average molecular weight is 515 g/mol. The van der Waals surface area contributed by atoms with Crippen molar-refractivity contribution in [2.75, 3.05) is 0 Å². The highest BCUT2D eigenvalue weighted by Crippen LogP contribution is 2.45. The molecule has 3 heterocycles. The van der Waals surface area contributed by atoms with Gasteiger partial charge in [-0.3, -0.25) is 0 Å². The molecule has 8 aromatic rings. The highest BCUT2D eigenvalue weighted by molar-refractivity contribution is 7.25. The number of benzene rings is 5. The van der Waals surface area contributed by atoms with E-state index in [4.69, 9.17) is 20.4 Å². The maximum atomic E-state index is 6.33. The van der Waals surface area contributed by atoms with Crippen molar-refractivity contribution in [1.82, 2.24) is 0 Å². The normalized spacial score (nSPS) is 12.9. The Labute approximate surface area is 221 Å². The number of hydrogen-bond acceptors (Lipinski definition) is 3. The van der Waals surface area contributed by atoms with Gasteiger partial charge in [0.2, 0.25) is 0 Å². The van der Waals surface area contributed by atoms with E-state index >= 15 is 0 Å². The number of rotatable bonds is 3. The number of fused-ring (bicyclic) bond motifs is 8. The molecule has 0 radical (unpaired) electrons. The third kappa shape index (κ3) is 3.18. The van der Waals surface area contributed by atoms with E-state index in [1.165, 1.54) is 32.2 Å². The highest BCUT2D eigenvalue weighted by Gasteiger charge is 2.23. The molecule has 1 atom stereocenters. The molecule has 5 aromatic carbocycles. The molecule has 2 nitrogen and oxygen atoms in total. The van der Waals surface area contributed by atoms with Crippen molar-refractivity contribution < 1.29 is 8.83 Å². The third-order valence-electron chi connectivity index (χ3n) is 7.31. The zero-order valence-electron chi connectivity index (χ0n) is 19.6. The van der Waals surface area contributed by atoms with Gasteiger partial charge in [-0.25, -0.2) is 0 Å². The van der Waals surface area contributed by atoms with Crippen molar-refractivity contribution in [3.8, 4) is 0 Å². The van der Waals surface area contributed by atoms with Gasteiger partial charge in [-0.1, -0.05) is 95.7 Å². The van der Waals surface area contributed by atoms with E-state index in [9.17, 15) is 0 Å². The summed E-state index contributed by atoms with van der Waals surface area (Å²) < 4.78 is 13.7. The quantitative estimate of drug-likeness (QED) is 0.219. The summed E-state index contributed by atoms with van der Waals surface area (Å²) in [4.78, 5) is 0.934. The zero-order valence-corrected chi connectivity index (χ0v) is 21.1. The van der Waals surface area contributed by atoms with Crippen molar-refractivity contribution in [2.45, 2.75) is 5.92 Å². The smallest absolute Gasteiger partial charge is 0.190 e. The van der Waals surface area contributed by atoms with Crippen LogP contribution >= 0.6 is 22.9 Å². The van der Waals surface area contributed by atoms with Gasteiger partial charge in [-0.15, -0.1) is 0 Å². The molecule has 0 saturated heterocycles. The maximum absolute atomic E-state index is 6.33. The van der Waals surface area contributed by atoms with E-state index in [1.807, 2.05) is 30.3 Å². The Morgan fingerprint density at radius 2 is 1.38 bits per heavy atom. The monoisotopic (exact) mass is 514 g/mol. The van der Waals surface area contributed by atoms with Crippen LogP contribution in [0.1, 0.15) is 22.6 Å². The van der Waals surface area contributed by atoms with Gasteiger partial charge in [0.15, 0.2) is 4.90 Å². The standard InChI is InChI=1S/C33H19ClO2S/c34-21-14-16-27-25(18-21)32-23-15-13-20(17-29(23)37-33(32)36-27)30(19-7-2-1-3-8-19)24-10-6-12-28-31(24)22-9-4-5-11-26(22)35-28/h1-18,30H. The van der Waals surface area contributed by atoms with Gasteiger partial charge in [0.1, 0.15) is 16.7 Å². The molecule has 0 saturated carbocycles. The fourth-order valence-corrected chi connectivity index (χ4v) is 7.02. The molecule has 4 heteroatoms. The summed E-state index contributed by atoms with van der Waals surface area (Å²) in [6, 6.07) is 38.1. The summed E-state index contributed by atoms with van der Waals surface area (Å²) in [6.07, 6.45) is 0. The first-order chi connectivity index (χ1) is 18.2. The molecule has 0 bridgehead atoms. The van der Waals surface area contributed by atoms with Crippen LogP contribution in [-0.4, -0.2) is 0 Å². The van der Waals surface area contributed by atoms with Crippen LogP contribution in [0.2, 0.25) is 5.02 Å². The third-order valence-corrected chi connectivity index (χ3v) is 8.57. The van der Waals surface area contributed by atoms with Gasteiger partial charge in [0.05, 0.1) is 0 Å². The minimum absolute atomic E-state index is 0.0508. The lowest BCUT2D eigenvalue weighted by Gasteiger charge is -2.20. The molecule has 0 N–H and O–H groups in total. The van der Waals surface area contributed by atoms with Crippen molar-refractivity contribution in [2.24, 2.45) is 0 Å². The largest absolute Gasteiger partial charge is 0.456 e. The second-order valence-electron chi connectivity index (χ2n) is 9.42. The summed E-state index contributed by atoms with van der Waals surface area (Å²) in [5, 5.41) is 6.44. The fourth-order valence-electron chi connectivity index (χ4n) is 5.72. The molecule has 0 fully saturated rings. The van der Waals surface area contributed by atoms with E-state index in [1.54, 1.807) is 11.3 Å². The summed E-state index contributed by atoms with van der Waals surface area (Å²) >= 11 is 8.03. The lowest BCUT2D eigenvalue weighted by molar-refractivity contribution is 0.668. The Kier molecular flexibility index (Phi) is 4.54. The van der Waals surface area contributed by atoms with E-state index < -0.39 is 0 Å². The molecular weight excluding hydrogens is 496 g/mol. The topological polar surface area (TPSA) is 26.3 Å². The second-order valence-corrected chi connectivity index (χ2v) is 10.9. The maximum Gasteiger partial charge on any atom is 0.190 e. The van der Waals surface area contributed by atoms with E-state index in [-0.39, 0.29) is 5.92 Å². The van der Waals surface area contributed by atoms with Crippen LogP contribution in [0.4, 0.5) is 0 Å². The molecule has 0 amide bonds. The molecular formula is C33H19ClO2S. The first kappa shape index (κ1) is 21.1. The minimum atomic E-state index is 0.0508. The lowest BCUT2D eigenvalue weighted by atomic mass is 9.83. The van der Waals surface area contributed by atoms with Crippen LogP contribution in [0.5, 0.6) is 0 Å². The Bertz CT molecular complexity index is 2110. The molecule has 176 valence electrons. The highest BCUT2D eigenvalue weighted by atomic mass is 35.5. The van der Waals surface area contributed by atoms with Crippen molar-refractivity contribution >= 4 is 76.2 Å². The minimum Gasteiger partial charge on any atom is -0.456 e. The summed E-state index contributed by atoms with van der Waals surface area (Å²) in [6.45, 7) is 0. The molecule has 0 aliphatic heterocycles. The number of thiophene rings is 1. The molecule has 0 spiro atoms. The number of para-hydroxylation sites is 1. The Balaban J connectivity index is 1.40. The number of hydrogen-bond donors (Lipinski definition) is 0. The molecule has 37 heavy (non-hydrogen) atoms. The van der Waals surface area contributed by atoms with Gasteiger partial charge in [0.25, 0.3) is 0 Å². The van der Waals surface area contributed by atoms with Gasteiger partial charge in [-0.05, 0) is 53.1 Å². The van der Waals surface area contributed by atoms with E-state index in [2.05, 4.69) is 78.9 Å². The lowest BCUT2D eigenvalue weighted by Crippen LogP contribution is -2.03. The van der Waals surface area contributed by atoms with Gasteiger partial charge in [-0.2, -0.15) is 0 Å². The molecule has 8 rings (SSSR count). The van der Waals surface area contributed by atoms with Gasteiger partial charge >= 0.3 is 0 Å². The Morgan fingerprint density at radius 3 is 2.30 bits per heavy atom. The first-order valence-corrected chi connectivity index (χ1v) is 13.4. The zero-order chi connectivity index (χ0) is 24.5. The summed E-state index contributed by atoms with van der Waals surface area (Å²) in [5.41, 5.74) is 6.43. The van der Waals surface area contributed by atoms with Crippen LogP contribution in [0.3, 0.4) is 0 Å². The molecule has 0 aliphatic carbocycles. The van der Waals surface area contributed by atoms with Crippen LogP contribution in [0.15, 0.2) is 118 Å². The second kappa shape index (κ2) is 7.97. The summed E-state index contributed by atoms with van der Waals surface area (Å²) in [7, 11) is 0. The molecule has 0 aliphatic rings. The van der Waals surface area contributed by atoms with Gasteiger partial charge < -0.3 is 8.83 Å². The van der Waals surface area contributed by atoms with Crippen LogP contribution in [0.25, 0.3) is 53.3 Å². The fraction of sp³-hybridized carbons (Fsp3) is 0.0303. The SMILES string of the molecule is Clc1ccc2oc3sc4cc(C(c5ccccc5)c5cccc6oc7ccccc7c56)ccc4c3c2c1. The molecule has 1 unspecified atom stereocenters. The Hall–Kier alpha value is -4.05. The van der Waals surface area contributed by atoms with E-state index in [0.29, 0.717) is 0 Å². The van der Waals surface area contributed by atoms with Crippen LogP contribution in [0, 0.1) is 0 Å². The van der Waals surface area contributed by atoms with Crippen LogP contribution < -0.4 is 0 Å². The van der Waals surface area contributed by atoms with E-state index in [0.717, 1.165) is 42.8 Å². The van der Waals surface area contributed by atoms with Gasteiger partial charge in [0, 0.05) is 42.6 Å². The molecule has 3 aromatic heterocycles.